The number of carbonyl (C=O) groups is 1. The van der Waals surface area contributed by atoms with Crippen LogP contribution in [0.2, 0.25) is 0 Å². The van der Waals surface area contributed by atoms with E-state index in [-0.39, 0.29) is 5.76 Å². The zero-order valence-corrected chi connectivity index (χ0v) is 7.95. The summed E-state index contributed by atoms with van der Waals surface area (Å²) in [5.41, 5.74) is 0. The molecule has 0 spiro atoms. The molecular formula is C9H12N2O3. The summed E-state index contributed by atoms with van der Waals surface area (Å²) in [4.78, 5) is 15.0. The van der Waals surface area contributed by atoms with E-state index in [0.717, 1.165) is 19.5 Å². The van der Waals surface area contributed by atoms with E-state index in [2.05, 4.69) is 15.0 Å². The van der Waals surface area contributed by atoms with E-state index in [9.17, 15) is 4.79 Å². The maximum atomic E-state index is 11.0. The summed E-state index contributed by atoms with van der Waals surface area (Å²) in [5, 5.41) is 3.16. The van der Waals surface area contributed by atoms with Crippen molar-refractivity contribution >= 4 is 5.97 Å². The quantitative estimate of drug-likeness (QED) is 0.701. The predicted molar refractivity (Wildman–Crippen MR) is 47.9 cm³/mol. The summed E-state index contributed by atoms with van der Waals surface area (Å²) in [7, 11) is 1.32. The van der Waals surface area contributed by atoms with E-state index < -0.39 is 5.97 Å². The first-order valence-electron chi connectivity index (χ1n) is 4.53. The lowest BCUT2D eigenvalue weighted by Gasteiger charge is -2.25. The molecule has 0 bridgehead atoms. The van der Waals surface area contributed by atoms with Crippen LogP contribution in [-0.2, 0) is 11.2 Å². The number of nitrogens with one attached hydrogen (secondary N) is 1. The largest absolute Gasteiger partial charge is 0.463 e. The van der Waals surface area contributed by atoms with Crippen molar-refractivity contribution in [2.75, 3.05) is 20.2 Å². The number of methoxy groups -OCH3 is 1. The number of nitrogens with zero attached hydrogens (tertiary/aromatic N) is 1. The highest BCUT2D eigenvalue weighted by Crippen LogP contribution is 2.13. The second-order valence-corrected chi connectivity index (χ2v) is 3.34. The molecular weight excluding hydrogens is 184 g/mol. The third kappa shape index (κ3) is 1.77. The Morgan fingerprint density at radius 1 is 1.79 bits per heavy atom. The van der Waals surface area contributed by atoms with Crippen molar-refractivity contribution < 1.29 is 13.9 Å². The lowest BCUT2D eigenvalue weighted by atomic mass is 10.00. The molecule has 76 valence electrons. The van der Waals surface area contributed by atoms with E-state index in [4.69, 9.17) is 4.42 Å². The standard InChI is InChI=1S/C9H12N2O3/c1-13-9(12)7-5-11-8(14-7)2-6-3-10-4-6/h5-6,10H,2-4H2,1H3. The molecule has 0 saturated carbocycles. The minimum atomic E-state index is -0.476. The molecule has 0 aliphatic carbocycles. The second kappa shape index (κ2) is 3.79. The molecule has 1 aromatic heterocycles. The Bertz CT molecular complexity index is 331. The van der Waals surface area contributed by atoms with Crippen LogP contribution in [0.5, 0.6) is 0 Å². The van der Waals surface area contributed by atoms with Crippen LogP contribution in [0.1, 0.15) is 16.4 Å². The molecule has 0 radical (unpaired) electrons. The van der Waals surface area contributed by atoms with Gasteiger partial charge in [-0.05, 0) is 19.0 Å². The lowest BCUT2D eigenvalue weighted by molar-refractivity contribution is 0.0562. The summed E-state index contributed by atoms with van der Waals surface area (Å²) in [6.45, 7) is 1.99. The summed E-state index contributed by atoms with van der Waals surface area (Å²) >= 11 is 0. The fourth-order valence-electron chi connectivity index (χ4n) is 1.34. The third-order valence-electron chi connectivity index (χ3n) is 2.27. The average Bonchev–Trinajstić information content (AvgIpc) is 2.58. The van der Waals surface area contributed by atoms with Gasteiger partial charge in [-0.25, -0.2) is 9.78 Å². The van der Waals surface area contributed by atoms with Gasteiger partial charge in [-0.2, -0.15) is 0 Å². The minimum absolute atomic E-state index is 0.176. The molecule has 14 heavy (non-hydrogen) atoms. The van der Waals surface area contributed by atoms with Crippen molar-refractivity contribution in [3.63, 3.8) is 0 Å². The zero-order valence-electron chi connectivity index (χ0n) is 7.95. The number of aromatic nitrogens is 1. The summed E-state index contributed by atoms with van der Waals surface area (Å²) in [6, 6.07) is 0. The maximum Gasteiger partial charge on any atom is 0.375 e. The lowest BCUT2D eigenvalue weighted by Crippen LogP contribution is -2.43. The fourth-order valence-corrected chi connectivity index (χ4v) is 1.34. The van der Waals surface area contributed by atoms with Gasteiger partial charge in [-0.15, -0.1) is 0 Å². The van der Waals surface area contributed by atoms with Crippen LogP contribution in [0.15, 0.2) is 10.6 Å². The molecule has 0 aromatic carbocycles. The molecule has 1 N–H and O–H groups in total. The molecule has 1 saturated heterocycles. The normalized spacial score (nSPS) is 16.4. The Hall–Kier alpha value is -1.36. The average molecular weight is 196 g/mol. The predicted octanol–water partition coefficient (Wildman–Crippen LogP) is 0.223. The first-order valence-corrected chi connectivity index (χ1v) is 4.53. The van der Waals surface area contributed by atoms with Gasteiger partial charge in [0.25, 0.3) is 0 Å². The van der Waals surface area contributed by atoms with Crippen LogP contribution in [0.25, 0.3) is 0 Å². The second-order valence-electron chi connectivity index (χ2n) is 3.34. The van der Waals surface area contributed by atoms with Crippen molar-refractivity contribution in [1.82, 2.24) is 10.3 Å². The van der Waals surface area contributed by atoms with Gasteiger partial charge < -0.3 is 14.5 Å². The van der Waals surface area contributed by atoms with Gasteiger partial charge in [0, 0.05) is 6.42 Å². The van der Waals surface area contributed by atoms with E-state index >= 15 is 0 Å². The highest BCUT2D eigenvalue weighted by atomic mass is 16.5. The monoisotopic (exact) mass is 196 g/mol. The van der Waals surface area contributed by atoms with Crippen LogP contribution >= 0.6 is 0 Å². The number of ether oxygens (including phenoxy) is 1. The molecule has 2 heterocycles. The van der Waals surface area contributed by atoms with Crippen molar-refractivity contribution in [2.45, 2.75) is 6.42 Å². The fraction of sp³-hybridized carbons (Fsp3) is 0.556. The Labute approximate surface area is 81.5 Å². The molecule has 0 unspecified atom stereocenters. The number of esters is 1. The van der Waals surface area contributed by atoms with Crippen LogP contribution in [0.4, 0.5) is 0 Å². The van der Waals surface area contributed by atoms with Crippen LogP contribution in [0.3, 0.4) is 0 Å². The first-order chi connectivity index (χ1) is 6.79. The van der Waals surface area contributed by atoms with Crippen molar-refractivity contribution in [3.8, 4) is 0 Å². The summed E-state index contributed by atoms with van der Waals surface area (Å²) in [5.74, 6) is 0.890. The maximum absolute atomic E-state index is 11.0. The van der Waals surface area contributed by atoms with Gasteiger partial charge in [-0.1, -0.05) is 0 Å². The van der Waals surface area contributed by atoms with Crippen LogP contribution < -0.4 is 5.32 Å². The van der Waals surface area contributed by atoms with Crippen molar-refractivity contribution in [2.24, 2.45) is 5.92 Å². The highest BCUT2D eigenvalue weighted by molar-refractivity contribution is 5.85. The van der Waals surface area contributed by atoms with Gasteiger partial charge in [-0.3, -0.25) is 0 Å². The molecule has 1 aliphatic rings. The molecule has 5 heteroatoms. The van der Waals surface area contributed by atoms with E-state index in [1.165, 1.54) is 13.3 Å². The van der Waals surface area contributed by atoms with E-state index in [1.807, 2.05) is 0 Å². The van der Waals surface area contributed by atoms with Gasteiger partial charge in [0.2, 0.25) is 5.76 Å². The number of rotatable bonds is 3. The number of carbonyl (C=O) groups excluding carboxylic acids is 1. The zero-order chi connectivity index (χ0) is 9.97. The molecule has 0 amide bonds. The Kier molecular flexibility index (Phi) is 2.49. The van der Waals surface area contributed by atoms with Gasteiger partial charge in [0.15, 0.2) is 5.89 Å². The van der Waals surface area contributed by atoms with Crippen molar-refractivity contribution in [3.05, 3.63) is 17.8 Å². The Morgan fingerprint density at radius 3 is 3.14 bits per heavy atom. The SMILES string of the molecule is COC(=O)c1cnc(CC2CNC2)o1. The third-order valence-corrected chi connectivity index (χ3v) is 2.27. The molecule has 1 aliphatic heterocycles. The Balaban J connectivity index is 1.98. The number of hydrogen-bond donors (Lipinski definition) is 1. The van der Waals surface area contributed by atoms with Gasteiger partial charge >= 0.3 is 5.97 Å². The Morgan fingerprint density at radius 2 is 2.57 bits per heavy atom. The van der Waals surface area contributed by atoms with Crippen LogP contribution in [0, 0.1) is 5.92 Å². The first kappa shape index (κ1) is 9.21. The number of oxazole rings is 1. The van der Waals surface area contributed by atoms with E-state index in [0.29, 0.717) is 11.8 Å². The highest BCUT2D eigenvalue weighted by Gasteiger charge is 2.20. The smallest absolute Gasteiger partial charge is 0.375 e. The molecule has 2 rings (SSSR count). The summed E-state index contributed by atoms with van der Waals surface area (Å²) in [6.07, 6.45) is 2.19. The molecule has 5 nitrogen and oxygen atoms in total. The minimum Gasteiger partial charge on any atom is -0.463 e. The van der Waals surface area contributed by atoms with Gasteiger partial charge in [0.05, 0.1) is 13.3 Å². The van der Waals surface area contributed by atoms with Crippen molar-refractivity contribution in [1.29, 1.82) is 0 Å². The molecule has 0 atom stereocenters. The molecule has 1 fully saturated rings. The summed E-state index contributed by atoms with van der Waals surface area (Å²) < 4.78 is 9.74. The van der Waals surface area contributed by atoms with Gasteiger partial charge in [0.1, 0.15) is 0 Å². The van der Waals surface area contributed by atoms with E-state index in [1.54, 1.807) is 0 Å². The van der Waals surface area contributed by atoms with Crippen LogP contribution in [-0.4, -0.2) is 31.2 Å². The molecule has 1 aromatic rings. The topological polar surface area (TPSA) is 64.4 Å². The number of hydrogen-bond acceptors (Lipinski definition) is 5.